The molecule has 0 saturated carbocycles. The predicted octanol–water partition coefficient (Wildman–Crippen LogP) is 4.78. The van der Waals surface area contributed by atoms with Crippen LogP contribution in [0.3, 0.4) is 0 Å². The number of ether oxygens (including phenoxy) is 1. The number of aldehydes is 1. The van der Waals surface area contributed by atoms with Crippen molar-refractivity contribution in [2.24, 2.45) is 5.84 Å². The Bertz CT molecular complexity index is 866. The summed E-state index contributed by atoms with van der Waals surface area (Å²) in [6, 6.07) is 0.951. The molecule has 6 nitrogen and oxygen atoms in total. The highest BCUT2D eigenvalue weighted by Gasteiger charge is 2.40. The van der Waals surface area contributed by atoms with Crippen LogP contribution in [0.4, 0.5) is 23.7 Å². The fourth-order valence-electron chi connectivity index (χ4n) is 2.28. The quantitative estimate of drug-likeness (QED) is 0.287. The van der Waals surface area contributed by atoms with Crippen LogP contribution < -0.4 is 10.7 Å². The molecular weight excluding hydrogens is 455 g/mol. The highest BCUT2D eigenvalue weighted by atomic mass is 79.9. The number of urea groups is 1. The van der Waals surface area contributed by atoms with Crippen molar-refractivity contribution in [2.45, 2.75) is 19.8 Å². The molecule has 2 amide bonds. The Balaban J connectivity index is 0.000000612. The standard InChI is InChI=1S/C14H11BrF3N3O2.C5H10O/c1-7-3-12(14(2,17)18)21(19)13(23)20(7)11-4-8(6-22)9(15)5-10(11)16;1-5(2)4-6-3/h3-6H,1,19H2,2H3;1,4H2,2-3H3. The number of carbonyl (C=O) groups is 2. The summed E-state index contributed by atoms with van der Waals surface area (Å²) in [5.74, 6) is 1.16. The third kappa shape index (κ3) is 6.02. The normalized spacial score (nSPS) is 14.3. The first kappa shape index (κ1) is 24.6. The molecule has 1 aliphatic rings. The lowest BCUT2D eigenvalue weighted by atomic mass is 10.1. The average molecular weight is 476 g/mol. The Labute approximate surface area is 175 Å². The molecule has 0 bridgehead atoms. The number of nitrogens with zero attached hydrogens (tertiary/aromatic N) is 2. The first-order valence-electron chi connectivity index (χ1n) is 8.10. The lowest BCUT2D eigenvalue weighted by Crippen LogP contribution is -2.52. The molecule has 0 aliphatic carbocycles. The van der Waals surface area contributed by atoms with Crippen molar-refractivity contribution < 1.29 is 27.5 Å². The van der Waals surface area contributed by atoms with Crippen molar-refractivity contribution in [1.82, 2.24) is 5.01 Å². The van der Waals surface area contributed by atoms with Crippen LogP contribution in [0.5, 0.6) is 0 Å². The molecule has 158 valence electrons. The largest absolute Gasteiger partial charge is 0.380 e. The monoisotopic (exact) mass is 475 g/mol. The van der Waals surface area contributed by atoms with Crippen molar-refractivity contribution in [2.75, 3.05) is 18.6 Å². The number of hydrogen-bond donors (Lipinski definition) is 1. The number of anilines is 1. The molecule has 10 heteroatoms. The number of hydrazine groups is 1. The van der Waals surface area contributed by atoms with Gasteiger partial charge in [0.1, 0.15) is 11.5 Å². The van der Waals surface area contributed by atoms with E-state index >= 15 is 0 Å². The van der Waals surface area contributed by atoms with Crippen LogP contribution in [0.15, 0.2) is 52.8 Å². The number of amides is 2. The summed E-state index contributed by atoms with van der Waals surface area (Å²) in [7, 11) is 1.66. The Morgan fingerprint density at radius 3 is 2.41 bits per heavy atom. The van der Waals surface area contributed by atoms with Crippen LogP contribution in [0.1, 0.15) is 24.2 Å². The van der Waals surface area contributed by atoms with Gasteiger partial charge in [-0.3, -0.25) is 9.69 Å². The number of rotatable bonds is 5. The van der Waals surface area contributed by atoms with Gasteiger partial charge >= 0.3 is 6.03 Å². The molecule has 0 radical (unpaired) electrons. The number of methoxy groups -OCH3 is 1. The fourth-order valence-corrected chi connectivity index (χ4v) is 2.69. The van der Waals surface area contributed by atoms with E-state index < -0.39 is 23.5 Å². The van der Waals surface area contributed by atoms with Crippen molar-refractivity contribution in [3.05, 3.63) is 64.2 Å². The van der Waals surface area contributed by atoms with E-state index in [9.17, 15) is 22.8 Å². The molecule has 2 N–H and O–H groups in total. The molecule has 1 aromatic rings. The SMILES string of the molecule is C=C(C)COC.C=C1C=C(C(C)(F)F)N(N)C(=O)N1c1cc(C=O)c(Br)cc1F. The van der Waals surface area contributed by atoms with Crippen molar-refractivity contribution in [1.29, 1.82) is 0 Å². The molecule has 0 aromatic heterocycles. The second-order valence-corrected chi connectivity index (χ2v) is 7.08. The third-order valence-electron chi connectivity index (χ3n) is 3.52. The molecule has 0 unspecified atom stereocenters. The molecule has 0 atom stereocenters. The summed E-state index contributed by atoms with van der Waals surface area (Å²) in [6.45, 7) is 10.3. The lowest BCUT2D eigenvalue weighted by molar-refractivity contribution is 0.0356. The van der Waals surface area contributed by atoms with Crippen LogP contribution in [0, 0.1) is 5.82 Å². The van der Waals surface area contributed by atoms with E-state index in [0.717, 1.165) is 23.8 Å². The lowest BCUT2D eigenvalue weighted by Gasteiger charge is -2.35. The van der Waals surface area contributed by atoms with Gasteiger partial charge < -0.3 is 4.74 Å². The predicted molar refractivity (Wildman–Crippen MR) is 108 cm³/mol. The van der Waals surface area contributed by atoms with Crippen LogP contribution in [0.25, 0.3) is 0 Å². The zero-order valence-corrected chi connectivity index (χ0v) is 17.7. The van der Waals surface area contributed by atoms with Gasteiger partial charge in [-0.15, -0.1) is 0 Å². The summed E-state index contributed by atoms with van der Waals surface area (Å²) >= 11 is 3.00. The molecule has 1 aromatic carbocycles. The Hall–Kier alpha value is -2.43. The van der Waals surface area contributed by atoms with E-state index in [0.29, 0.717) is 24.7 Å². The number of nitrogens with two attached hydrogens (primary N) is 1. The highest BCUT2D eigenvalue weighted by molar-refractivity contribution is 9.10. The van der Waals surface area contributed by atoms with Gasteiger partial charge in [0.2, 0.25) is 0 Å². The van der Waals surface area contributed by atoms with Crippen molar-refractivity contribution in [3.8, 4) is 0 Å². The molecule has 0 spiro atoms. The first-order valence-corrected chi connectivity index (χ1v) is 8.89. The number of carbonyl (C=O) groups excluding carboxylic acids is 2. The molecule has 2 rings (SSSR count). The van der Waals surface area contributed by atoms with E-state index in [1.54, 1.807) is 7.11 Å². The average Bonchev–Trinajstić information content (AvgIpc) is 2.59. The highest BCUT2D eigenvalue weighted by Crippen LogP contribution is 2.35. The summed E-state index contributed by atoms with van der Waals surface area (Å²) in [4.78, 5) is 23.9. The van der Waals surface area contributed by atoms with Gasteiger partial charge in [-0.1, -0.05) is 18.7 Å². The molecular formula is C19H21BrF3N3O3. The number of hydrogen-bond acceptors (Lipinski definition) is 4. The molecule has 0 fully saturated rings. The minimum atomic E-state index is -3.38. The molecule has 1 aliphatic heterocycles. The van der Waals surface area contributed by atoms with Crippen LogP contribution in [-0.2, 0) is 4.74 Å². The minimum absolute atomic E-state index is 0.0705. The summed E-state index contributed by atoms with van der Waals surface area (Å²) in [5.41, 5.74) is -0.155. The van der Waals surface area contributed by atoms with Crippen LogP contribution >= 0.6 is 15.9 Å². The van der Waals surface area contributed by atoms with Gasteiger partial charge in [0.05, 0.1) is 12.3 Å². The van der Waals surface area contributed by atoms with Crippen molar-refractivity contribution in [3.63, 3.8) is 0 Å². The second kappa shape index (κ2) is 9.86. The van der Waals surface area contributed by atoms with Crippen LogP contribution in [-0.4, -0.2) is 37.0 Å². The topological polar surface area (TPSA) is 75.9 Å². The van der Waals surface area contributed by atoms with Crippen molar-refractivity contribution >= 4 is 33.9 Å². The Morgan fingerprint density at radius 2 is 2.00 bits per heavy atom. The summed E-state index contributed by atoms with van der Waals surface area (Å²) in [6.07, 6.45) is 1.33. The zero-order valence-electron chi connectivity index (χ0n) is 16.1. The van der Waals surface area contributed by atoms with E-state index in [4.69, 9.17) is 10.6 Å². The number of allylic oxidation sites excluding steroid dienone is 2. The summed E-state index contributed by atoms with van der Waals surface area (Å²) in [5, 5.41) is 0.219. The van der Waals surface area contributed by atoms with E-state index in [-0.39, 0.29) is 26.4 Å². The van der Waals surface area contributed by atoms with E-state index in [1.165, 1.54) is 0 Å². The smallest absolute Gasteiger partial charge is 0.347 e. The maximum atomic E-state index is 14.1. The summed E-state index contributed by atoms with van der Waals surface area (Å²) < 4.78 is 45.9. The van der Waals surface area contributed by atoms with E-state index in [1.807, 2.05) is 6.92 Å². The van der Waals surface area contributed by atoms with Gasteiger partial charge in [-0.05, 0) is 41.1 Å². The molecule has 29 heavy (non-hydrogen) atoms. The maximum Gasteiger partial charge on any atom is 0.347 e. The number of benzene rings is 1. The maximum absolute atomic E-state index is 14.1. The second-order valence-electron chi connectivity index (χ2n) is 6.23. The molecule has 0 saturated heterocycles. The Morgan fingerprint density at radius 1 is 1.41 bits per heavy atom. The van der Waals surface area contributed by atoms with E-state index in [2.05, 4.69) is 29.1 Å². The molecule has 1 heterocycles. The third-order valence-corrected chi connectivity index (χ3v) is 4.21. The first-order chi connectivity index (χ1) is 13.3. The van der Waals surface area contributed by atoms with Gasteiger partial charge in [0, 0.05) is 29.8 Å². The van der Waals surface area contributed by atoms with Gasteiger partial charge in [-0.2, -0.15) is 8.78 Å². The van der Waals surface area contributed by atoms with Gasteiger partial charge in [0.15, 0.2) is 6.29 Å². The Kier molecular flexibility index (Phi) is 8.37. The minimum Gasteiger partial charge on any atom is -0.380 e. The number of halogens is 4. The number of alkyl halides is 2. The van der Waals surface area contributed by atoms with Gasteiger partial charge in [0.25, 0.3) is 5.92 Å². The van der Waals surface area contributed by atoms with Gasteiger partial charge in [-0.25, -0.2) is 20.0 Å². The van der Waals surface area contributed by atoms with Crippen LogP contribution in [0.2, 0.25) is 0 Å². The fraction of sp³-hybridized carbons (Fsp3) is 0.263. The zero-order chi connectivity index (χ0) is 22.5.